The molecular weight excluding hydrogens is 248 g/mol. The third kappa shape index (κ3) is 3.10. The van der Waals surface area contributed by atoms with Crippen molar-refractivity contribution in [3.63, 3.8) is 0 Å². The molecule has 6 heteroatoms. The van der Waals surface area contributed by atoms with Crippen LogP contribution in [0.2, 0.25) is 0 Å². The molecule has 0 aliphatic heterocycles. The molecule has 98 valence electrons. The van der Waals surface area contributed by atoms with E-state index in [1.54, 1.807) is 18.4 Å². The number of hydrogen-bond donors (Lipinski definition) is 2. The first kappa shape index (κ1) is 13.1. The number of ether oxygens (including phenoxy) is 1. The second-order valence-corrected chi connectivity index (χ2v) is 5.11. The van der Waals surface area contributed by atoms with E-state index >= 15 is 0 Å². The minimum absolute atomic E-state index is 0.152. The lowest BCUT2D eigenvalue weighted by Gasteiger charge is -2.13. The summed E-state index contributed by atoms with van der Waals surface area (Å²) in [5.41, 5.74) is 4.08. The number of aryl methyl sites for hydroxylation is 2. The number of methoxy groups -OCH3 is 1. The summed E-state index contributed by atoms with van der Waals surface area (Å²) in [6.45, 7) is 0. The lowest BCUT2D eigenvalue weighted by Crippen LogP contribution is -2.27. The van der Waals surface area contributed by atoms with Gasteiger partial charge in [0.25, 0.3) is 0 Å². The van der Waals surface area contributed by atoms with Crippen molar-refractivity contribution in [3.05, 3.63) is 34.3 Å². The molecule has 1 unspecified atom stereocenters. The summed E-state index contributed by atoms with van der Waals surface area (Å²) in [4.78, 5) is 1.19. The second-order valence-electron chi connectivity index (χ2n) is 4.17. The Hall–Kier alpha value is -1.37. The van der Waals surface area contributed by atoms with Crippen molar-refractivity contribution < 1.29 is 4.74 Å². The molecule has 0 saturated heterocycles. The summed E-state index contributed by atoms with van der Waals surface area (Å²) in [5, 5.41) is 6.15. The second kappa shape index (κ2) is 5.99. The Bertz CT molecular complexity index is 494. The Morgan fingerprint density at radius 3 is 3.00 bits per heavy atom. The van der Waals surface area contributed by atoms with Gasteiger partial charge in [-0.05, 0) is 24.5 Å². The van der Waals surface area contributed by atoms with E-state index in [-0.39, 0.29) is 6.04 Å². The van der Waals surface area contributed by atoms with E-state index in [2.05, 4.69) is 10.5 Å². The summed E-state index contributed by atoms with van der Waals surface area (Å²) in [7, 11) is 3.60. The number of nitrogens with two attached hydrogens (primary N) is 1. The molecule has 0 spiro atoms. The van der Waals surface area contributed by atoms with Crippen LogP contribution in [0.25, 0.3) is 0 Å². The average Bonchev–Trinajstić information content (AvgIpc) is 2.99. The van der Waals surface area contributed by atoms with Crippen molar-refractivity contribution in [1.29, 1.82) is 0 Å². The van der Waals surface area contributed by atoms with Crippen LogP contribution in [-0.2, 0) is 13.5 Å². The Kier molecular flexibility index (Phi) is 4.35. The smallest absolute Gasteiger partial charge is 0.129 e. The third-order valence-electron chi connectivity index (χ3n) is 2.86. The number of thiophene rings is 1. The zero-order valence-corrected chi connectivity index (χ0v) is 11.4. The number of hydrogen-bond acceptors (Lipinski definition) is 5. The van der Waals surface area contributed by atoms with Crippen LogP contribution >= 0.6 is 11.3 Å². The summed E-state index contributed by atoms with van der Waals surface area (Å²) < 4.78 is 7.00. The fourth-order valence-electron chi connectivity index (χ4n) is 1.84. The van der Waals surface area contributed by atoms with Crippen LogP contribution < -0.4 is 16.0 Å². The van der Waals surface area contributed by atoms with Crippen molar-refractivity contribution in [2.24, 2.45) is 12.9 Å². The van der Waals surface area contributed by atoms with Gasteiger partial charge in [-0.15, -0.1) is 11.3 Å². The van der Waals surface area contributed by atoms with Gasteiger partial charge in [-0.25, -0.2) is 0 Å². The minimum Gasteiger partial charge on any atom is -0.496 e. The quantitative estimate of drug-likeness (QED) is 0.616. The summed E-state index contributed by atoms with van der Waals surface area (Å²) >= 11 is 1.66. The maximum Gasteiger partial charge on any atom is 0.129 e. The van der Waals surface area contributed by atoms with Crippen LogP contribution in [0.4, 0.5) is 0 Å². The van der Waals surface area contributed by atoms with Gasteiger partial charge in [0.15, 0.2) is 0 Å². The lowest BCUT2D eigenvalue weighted by molar-refractivity contribution is 0.415. The minimum atomic E-state index is 0.152. The predicted octanol–water partition coefficient (Wildman–Crippen LogP) is 1.63. The predicted molar refractivity (Wildman–Crippen MR) is 72.5 cm³/mol. The van der Waals surface area contributed by atoms with E-state index in [1.165, 1.54) is 10.4 Å². The Morgan fingerprint density at radius 1 is 1.61 bits per heavy atom. The van der Waals surface area contributed by atoms with Gasteiger partial charge in [-0.3, -0.25) is 16.0 Å². The highest BCUT2D eigenvalue weighted by Gasteiger charge is 2.13. The zero-order valence-electron chi connectivity index (χ0n) is 10.6. The molecule has 0 amide bonds. The van der Waals surface area contributed by atoms with Gasteiger partial charge in [-0.2, -0.15) is 5.10 Å². The standard InChI is InChI=1S/C12H18N4OS/c1-16-7-9(6-14-16)3-4-11(15-13)12-5-10(17-2)8-18-12/h5-8,11,15H,3-4,13H2,1-2H3. The maximum absolute atomic E-state index is 5.62. The molecule has 2 rings (SSSR count). The monoisotopic (exact) mass is 266 g/mol. The van der Waals surface area contributed by atoms with Gasteiger partial charge in [0.05, 0.1) is 19.3 Å². The molecule has 2 aromatic rings. The highest BCUT2D eigenvalue weighted by molar-refractivity contribution is 7.10. The lowest BCUT2D eigenvalue weighted by atomic mass is 10.1. The van der Waals surface area contributed by atoms with Gasteiger partial charge in [0.1, 0.15) is 5.75 Å². The average molecular weight is 266 g/mol. The molecule has 0 saturated carbocycles. The Labute approximate surface area is 111 Å². The van der Waals surface area contributed by atoms with Crippen molar-refractivity contribution in [1.82, 2.24) is 15.2 Å². The van der Waals surface area contributed by atoms with E-state index in [0.29, 0.717) is 0 Å². The molecule has 2 heterocycles. The molecule has 0 aliphatic rings. The topological polar surface area (TPSA) is 65.1 Å². The van der Waals surface area contributed by atoms with E-state index < -0.39 is 0 Å². The number of aromatic nitrogens is 2. The Balaban J connectivity index is 1.96. The fraction of sp³-hybridized carbons (Fsp3) is 0.417. The van der Waals surface area contributed by atoms with Crippen molar-refractivity contribution in [3.8, 4) is 5.75 Å². The fourth-order valence-corrected chi connectivity index (χ4v) is 2.79. The molecule has 0 aliphatic carbocycles. The van der Waals surface area contributed by atoms with E-state index in [0.717, 1.165) is 18.6 Å². The first-order valence-corrected chi connectivity index (χ1v) is 6.67. The van der Waals surface area contributed by atoms with Crippen LogP contribution in [0, 0.1) is 0 Å². The molecule has 1 atom stereocenters. The van der Waals surface area contributed by atoms with Crippen LogP contribution in [0.15, 0.2) is 23.8 Å². The third-order valence-corrected chi connectivity index (χ3v) is 3.88. The normalized spacial score (nSPS) is 12.6. The van der Waals surface area contributed by atoms with Crippen LogP contribution in [0.1, 0.15) is 22.9 Å². The van der Waals surface area contributed by atoms with Gasteiger partial charge in [0, 0.05) is 23.5 Å². The molecule has 0 aromatic carbocycles. The zero-order chi connectivity index (χ0) is 13.0. The molecule has 5 nitrogen and oxygen atoms in total. The highest BCUT2D eigenvalue weighted by Crippen LogP contribution is 2.28. The van der Waals surface area contributed by atoms with Crippen LogP contribution in [0.5, 0.6) is 5.75 Å². The van der Waals surface area contributed by atoms with Crippen LogP contribution in [0.3, 0.4) is 0 Å². The highest BCUT2D eigenvalue weighted by atomic mass is 32.1. The molecular formula is C12H18N4OS. The molecule has 18 heavy (non-hydrogen) atoms. The number of hydrazine groups is 1. The van der Waals surface area contributed by atoms with E-state index in [4.69, 9.17) is 10.6 Å². The van der Waals surface area contributed by atoms with Gasteiger partial charge < -0.3 is 4.74 Å². The van der Waals surface area contributed by atoms with Crippen molar-refractivity contribution in [2.45, 2.75) is 18.9 Å². The SMILES string of the molecule is COc1csc(C(CCc2cnn(C)c2)NN)c1. The van der Waals surface area contributed by atoms with Gasteiger partial charge in [-0.1, -0.05) is 0 Å². The van der Waals surface area contributed by atoms with Gasteiger partial charge >= 0.3 is 0 Å². The summed E-state index contributed by atoms with van der Waals surface area (Å²) in [5.74, 6) is 6.51. The molecule has 0 radical (unpaired) electrons. The number of nitrogens with one attached hydrogen (secondary N) is 1. The summed E-state index contributed by atoms with van der Waals surface area (Å²) in [6, 6.07) is 2.18. The Morgan fingerprint density at radius 2 is 2.44 bits per heavy atom. The van der Waals surface area contributed by atoms with E-state index in [1.807, 2.05) is 35.6 Å². The largest absolute Gasteiger partial charge is 0.496 e. The van der Waals surface area contributed by atoms with Crippen molar-refractivity contribution >= 4 is 11.3 Å². The van der Waals surface area contributed by atoms with Gasteiger partial charge in [0.2, 0.25) is 0 Å². The van der Waals surface area contributed by atoms with Crippen molar-refractivity contribution in [2.75, 3.05) is 7.11 Å². The number of nitrogens with zero attached hydrogens (tertiary/aromatic N) is 2. The molecule has 0 fully saturated rings. The molecule has 3 N–H and O–H groups in total. The maximum atomic E-state index is 5.62. The molecule has 2 aromatic heterocycles. The summed E-state index contributed by atoms with van der Waals surface area (Å²) in [6.07, 6.45) is 5.81. The number of rotatable bonds is 6. The first-order chi connectivity index (χ1) is 8.72. The molecule has 0 bridgehead atoms. The van der Waals surface area contributed by atoms with E-state index in [9.17, 15) is 0 Å². The van der Waals surface area contributed by atoms with Crippen LogP contribution in [-0.4, -0.2) is 16.9 Å². The first-order valence-electron chi connectivity index (χ1n) is 5.79.